The van der Waals surface area contributed by atoms with Crippen molar-refractivity contribution >= 4 is 57.6 Å². The first kappa shape index (κ1) is 25.8. The number of nitrogen functional groups attached to an aromatic ring is 1. The van der Waals surface area contributed by atoms with E-state index in [1.807, 2.05) is 13.8 Å². The normalized spacial score (nSPS) is 20.3. The molecule has 0 aliphatic carbocycles. The van der Waals surface area contributed by atoms with Crippen LogP contribution in [0.4, 0.5) is 5.13 Å². The van der Waals surface area contributed by atoms with Crippen molar-refractivity contribution < 1.29 is 28.7 Å². The second-order valence-corrected chi connectivity index (χ2v) is 11.1. The molecular formula is C22H28N4O6S2. The fraction of sp³-hybridized carbons (Fsp3) is 0.500. The Bertz CT molecular complexity index is 1060. The van der Waals surface area contributed by atoms with Gasteiger partial charge in [0.2, 0.25) is 6.79 Å². The van der Waals surface area contributed by atoms with Crippen LogP contribution in [-0.4, -0.2) is 57.6 Å². The molecule has 2 atom stereocenters. The molecule has 0 aromatic carbocycles. The summed E-state index contributed by atoms with van der Waals surface area (Å²) in [5.74, 6) is -1.64. The Hall–Kier alpha value is -2.86. The zero-order valence-electron chi connectivity index (χ0n) is 19.6. The van der Waals surface area contributed by atoms with Crippen molar-refractivity contribution in [3.63, 3.8) is 0 Å². The number of hydrogen-bond acceptors (Lipinski definition) is 10. The minimum atomic E-state index is -0.806. The highest BCUT2D eigenvalue weighted by molar-refractivity contribution is 8.00. The lowest BCUT2D eigenvalue weighted by Gasteiger charge is -2.48. The number of thiazole rings is 1. The zero-order chi connectivity index (χ0) is 25.2. The van der Waals surface area contributed by atoms with Gasteiger partial charge >= 0.3 is 11.9 Å². The average molecular weight is 509 g/mol. The number of carbonyl (C=O) groups is 4. The van der Waals surface area contributed by atoms with E-state index in [-0.39, 0.29) is 11.6 Å². The Kier molecular flexibility index (Phi) is 7.71. The molecule has 0 radical (unpaired) electrons. The molecule has 2 amide bonds. The fourth-order valence-corrected chi connectivity index (χ4v) is 4.96. The highest BCUT2D eigenvalue weighted by atomic mass is 32.2. The number of thioether (sulfide) groups is 1. The van der Waals surface area contributed by atoms with Gasteiger partial charge in [0, 0.05) is 11.1 Å². The third-order valence-electron chi connectivity index (χ3n) is 4.88. The molecule has 1 aromatic heterocycles. The Labute approximate surface area is 205 Å². The molecule has 1 fully saturated rings. The molecule has 3 heterocycles. The largest absolute Gasteiger partial charge is 0.427 e. The van der Waals surface area contributed by atoms with Crippen LogP contribution in [0.15, 0.2) is 23.2 Å². The topological polar surface area (TPSA) is 141 Å². The van der Waals surface area contributed by atoms with E-state index in [4.69, 9.17) is 15.2 Å². The molecule has 34 heavy (non-hydrogen) atoms. The summed E-state index contributed by atoms with van der Waals surface area (Å²) in [6.07, 6.45) is 3.34. The van der Waals surface area contributed by atoms with Crippen LogP contribution >= 0.6 is 23.1 Å². The summed E-state index contributed by atoms with van der Waals surface area (Å²) < 4.78 is 9.99. The highest BCUT2D eigenvalue weighted by Gasteiger charge is 2.53. The zero-order valence-corrected chi connectivity index (χ0v) is 21.2. The number of ether oxygens (including phenoxy) is 2. The number of anilines is 1. The molecule has 0 bridgehead atoms. The highest BCUT2D eigenvalue weighted by Crippen LogP contribution is 2.38. The van der Waals surface area contributed by atoms with Crippen molar-refractivity contribution in [2.75, 3.05) is 18.3 Å². The number of rotatable bonds is 7. The quantitative estimate of drug-likeness (QED) is 0.245. The van der Waals surface area contributed by atoms with E-state index >= 15 is 0 Å². The standard InChI is InChI=1S/C22H28N4O6S2/c1-11(2)8-12(13-9-34-21(23)24-13)16(27)25-15-17(28)26-14(6-7-33-18(15)26)19(29)31-10-32-20(30)22(3,4)5/h6,8-9,11,15,18H,7,10H2,1-5H3,(H2,23,24)(H,25,27)/b12-8+/t15-,18-/m1/s1. The third kappa shape index (κ3) is 5.61. The summed E-state index contributed by atoms with van der Waals surface area (Å²) in [6, 6.07) is -0.806. The van der Waals surface area contributed by atoms with E-state index in [9.17, 15) is 19.2 Å². The van der Waals surface area contributed by atoms with Crippen LogP contribution in [0.25, 0.3) is 5.57 Å². The van der Waals surface area contributed by atoms with Gasteiger partial charge in [-0.15, -0.1) is 23.1 Å². The predicted octanol–water partition coefficient (Wildman–Crippen LogP) is 2.14. The van der Waals surface area contributed by atoms with Gasteiger partial charge in [0.15, 0.2) is 5.13 Å². The summed E-state index contributed by atoms with van der Waals surface area (Å²) in [6.45, 7) is 8.35. The van der Waals surface area contributed by atoms with E-state index in [0.717, 1.165) is 0 Å². The first-order valence-electron chi connectivity index (χ1n) is 10.6. The van der Waals surface area contributed by atoms with Crippen LogP contribution in [0.5, 0.6) is 0 Å². The number of fused-ring (bicyclic) bond motifs is 1. The monoisotopic (exact) mass is 508 g/mol. The Morgan fingerprint density at radius 3 is 2.62 bits per heavy atom. The molecule has 2 aliphatic heterocycles. The van der Waals surface area contributed by atoms with Crippen molar-refractivity contribution in [1.82, 2.24) is 15.2 Å². The van der Waals surface area contributed by atoms with Crippen LogP contribution < -0.4 is 11.1 Å². The smallest absolute Gasteiger partial charge is 0.357 e. The summed E-state index contributed by atoms with van der Waals surface area (Å²) >= 11 is 2.64. The number of hydrogen-bond donors (Lipinski definition) is 2. The maximum absolute atomic E-state index is 13.0. The number of aromatic nitrogens is 1. The van der Waals surface area contributed by atoms with Gasteiger partial charge in [0.1, 0.15) is 17.1 Å². The summed E-state index contributed by atoms with van der Waals surface area (Å²) in [7, 11) is 0. The van der Waals surface area contributed by atoms with E-state index in [1.165, 1.54) is 28.0 Å². The lowest BCUT2D eigenvalue weighted by molar-refractivity contribution is -0.173. The second kappa shape index (κ2) is 10.2. The van der Waals surface area contributed by atoms with Crippen LogP contribution in [0.1, 0.15) is 40.3 Å². The van der Waals surface area contributed by atoms with Gasteiger partial charge in [-0.2, -0.15) is 0 Å². The van der Waals surface area contributed by atoms with Gasteiger partial charge in [-0.05, 0) is 32.8 Å². The van der Waals surface area contributed by atoms with Crippen molar-refractivity contribution in [3.05, 3.63) is 28.9 Å². The number of amides is 2. The van der Waals surface area contributed by atoms with Gasteiger partial charge in [-0.3, -0.25) is 19.3 Å². The van der Waals surface area contributed by atoms with E-state index in [0.29, 0.717) is 22.2 Å². The Morgan fingerprint density at radius 1 is 1.32 bits per heavy atom. The number of nitrogens with zero attached hydrogens (tertiary/aromatic N) is 2. The molecule has 3 rings (SSSR count). The molecule has 184 valence electrons. The predicted molar refractivity (Wildman–Crippen MR) is 129 cm³/mol. The maximum Gasteiger partial charge on any atom is 0.357 e. The first-order valence-corrected chi connectivity index (χ1v) is 12.6. The number of nitrogens with two attached hydrogens (primary N) is 1. The molecule has 2 aliphatic rings. The van der Waals surface area contributed by atoms with Crippen molar-refractivity contribution in [2.24, 2.45) is 11.3 Å². The molecule has 1 aromatic rings. The second-order valence-electron chi connectivity index (χ2n) is 9.10. The molecule has 0 spiro atoms. The Balaban J connectivity index is 1.64. The van der Waals surface area contributed by atoms with Crippen molar-refractivity contribution in [3.8, 4) is 0 Å². The molecule has 0 saturated carbocycles. The number of esters is 2. The van der Waals surface area contributed by atoms with Gasteiger partial charge in [-0.1, -0.05) is 19.9 Å². The van der Waals surface area contributed by atoms with Crippen LogP contribution in [-0.2, 0) is 28.7 Å². The van der Waals surface area contributed by atoms with E-state index < -0.39 is 47.4 Å². The van der Waals surface area contributed by atoms with Crippen LogP contribution in [0.2, 0.25) is 0 Å². The minimum Gasteiger partial charge on any atom is -0.427 e. The van der Waals surface area contributed by atoms with Gasteiger partial charge in [-0.25, -0.2) is 9.78 Å². The number of carbonyl (C=O) groups excluding carboxylic acids is 4. The number of nitrogens with one attached hydrogen (secondary N) is 1. The summed E-state index contributed by atoms with van der Waals surface area (Å²) in [5, 5.41) is 4.34. The molecule has 10 nitrogen and oxygen atoms in total. The van der Waals surface area contributed by atoms with Crippen molar-refractivity contribution in [2.45, 2.75) is 46.0 Å². The minimum absolute atomic E-state index is 0.0660. The van der Waals surface area contributed by atoms with Crippen LogP contribution in [0.3, 0.4) is 0 Å². The lowest BCUT2D eigenvalue weighted by Crippen LogP contribution is -2.70. The summed E-state index contributed by atoms with van der Waals surface area (Å²) in [5.41, 5.74) is 5.84. The fourth-order valence-electron chi connectivity index (χ4n) is 3.20. The molecule has 1 saturated heterocycles. The van der Waals surface area contributed by atoms with E-state index in [2.05, 4.69) is 10.3 Å². The summed E-state index contributed by atoms with van der Waals surface area (Å²) in [4.78, 5) is 55.7. The van der Waals surface area contributed by atoms with Crippen molar-refractivity contribution in [1.29, 1.82) is 0 Å². The lowest BCUT2D eigenvalue weighted by atomic mass is 9.98. The maximum atomic E-state index is 13.0. The van der Waals surface area contributed by atoms with Gasteiger partial charge in [0.25, 0.3) is 11.8 Å². The average Bonchev–Trinajstić information content (AvgIpc) is 3.19. The van der Waals surface area contributed by atoms with Crippen LogP contribution in [0, 0.1) is 11.3 Å². The molecule has 3 N–H and O–H groups in total. The van der Waals surface area contributed by atoms with Gasteiger partial charge in [0.05, 0.1) is 16.7 Å². The molecule has 0 unspecified atom stereocenters. The first-order chi connectivity index (χ1) is 15.9. The number of β-lactam (4-membered cyclic amide) rings is 1. The third-order valence-corrected chi connectivity index (χ3v) is 6.73. The van der Waals surface area contributed by atoms with E-state index in [1.54, 1.807) is 38.3 Å². The SMILES string of the molecule is CC(C)/C=C(/C(=O)N[C@@H]1C(=O)N2C(C(=O)OCOC(=O)C(C)(C)C)=CCS[C@H]12)c1csc(N)n1. The molecular weight excluding hydrogens is 480 g/mol. The van der Waals surface area contributed by atoms with Gasteiger partial charge < -0.3 is 20.5 Å². The Morgan fingerprint density at radius 2 is 2.03 bits per heavy atom. The number of allylic oxidation sites excluding steroid dienone is 1. The molecule has 12 heteroatoms.